The average Bonchev–Trinajstić information content (AvgIpc) is 2.64. The Balaban J connectivity index is 1.97. The minimum Gasteiger partial charge on any atom is -0.504 e. The Bertz CT molecular complexity index is 912. The van der Waals surface area contributed by atoms with Crippen LogP contribution in [-0.2, 0) is 4.79 Å². The molecular weight excluding hydrogens is 529 g/mol. The third kappa shape index (κ3) is 6.11. The molecule has 9 heteroatoms. The Labute approximate surface area is 178 Å². The van der Waals surface area contributed by atoms with E-state index >= 15 is 0 Å². The fourth-order valence-electron chi connectivity index (χ4n) is 2.02. The van der Waals surface area contributed by atoms with Gasteiger partial charge in [-0.25, -0.2) is 5.43 Å². The number of phenolic OH excluding ortho intramolecular Hbond substituents is 1. The summed E-state index contributed by atoms with van der Waals surface area (Å²) in [5.74, 6) is 0.0875. The van der Waals surface area contributed by atoms with Crippen LogP contribution in [0, 0.1) is 14.9 Å². The lowest BCUT2D eigenvalue weighted by Gasteiger charge is -2.09. The second-order valence-electron chi connectivity index (χ2n) is 5.11. The van der Waals surface area contributed by atoms with Gasteiger partial charge < -0.3 is 14.6 Å². The van der Waals surface area contributed by atoms with Gasteiger partial charge in [0.05, 0.1) is 18.4 Å². The van der Waals surface area contributed by atoms with Crippen molar-refractivity contribution in [1.82, 2.24) is 5.43 Å². The zero-order valence-corrected chi connectivity index (χ0v) is 17.9. The monoisotopic (exact) mass is 543 g/mol. The standard InChI is InChI=1S/C18H15BrIN3O4/c1-2-26-16-7-14(20)6-12(18(16)25)9-22-23-17(24)10-27-15-4-3-13(19)5-11(15)8-21/h3-7,9,25H,2,10H2,1H3,(H,23,24)/b22-9-. The molecule has 2 rings (SSSR count). The van der Waals surface area contributed by atoms with Crippen LogP contribution in [0.4, 0.5) is 0 Å². The van der Waals surface area contributed by atoms with E-state index < -0.39 is 5.91 Å². The number of nitrogens with one attached hydrogen (secondary N) is 1. The summed E-state index contributed by atoms with van der Waals surface area (Å²) >= 11 is 5.36. The molecule has 0 atom stereocenters. The van der Waals surface area contributed by atoms with Crippen LogP contribution in [0.2, 0.25) is 0 Å². The van der Waals surface area contributed by atoms with E-state index in [4.69, 9.17) is 14.7 Å². The Kier molecular flexibility index (Phi) is 7.87. The fraction of sp³-hybridized carbons (Fsp3) is 0.167. The van der Waals surface area contributed by atoms with Gasteiger partial charge in [0.1, 0.15) is 11.8 Å². The number of phenols is 1. The molecule has 7 nitrogen and oxygen atoms in total. The number of benzene rings is 2. The number of halogens is 2. The van der Waals surface area contributed by atoms with Gasteiger partial charge in [-0.2, -0.15) is 10.4 Å². The lowest BCUT2D eigenvalue weighted by Crippen LogP contribution is -2.24. The van der Waals surface area contributed by atoms with Crippen molar-refractivity contribution >= 4 is 50.6 Å². The van der Waals surface area contributed by atoms with Crippen molar-refractivity contribution in [2.45, 2.75) is 6.92 Å². The van der Waals surface area contributed by atoms with E-state index in [1.807, 2.05) is 13.0 Å². The van der Waals surface area contributed by atoms with Gasteiger partial charge in [0, 0.05) is 13.6 Å². The number of carbonyl (C=O) groups is 1. The van der Waals surface area contributed by atoms with Crippen LogP contribution >= 0.6 is 38.5 Å². The predicted octanol–water partition coefficient (Wildman–Crippen LogP) is 3.56. The number of ether oxygens (including phenoxy) is 2. The molecule has 2 N–H and O–H groups in total. The first-order valence-corrected chi connectivity index (χ1v) is 9.61. The molecule has 0 aliphatic rings. The lowest BCUT2D eigenvalue weighted by molar-refractivity contribution is -0.123. The van der Waals surface area contributed by atoms with Crippen LogP contribution in [-0.4, -0.2) is 30.4 Å². The Hall–Kier alpha value is -2.32. The molecule has 0 aliphatic carbocycles. The van der Waals surface area contributed by atoms with E-state index in [0.29, 0.717) is 29.2 Å². The summed E-state index contributed by atoms with van der Waals surface area (Å²) in [6, 6.07) is 10.3. The zero-order chi connectivity index (χ0) is 19.8. The number of nitrogens with zero attached hydrogens (tertiary/aromatic N) is 2. The van der Waals surface area contributed by atoms with Gasteiger partial charge in [-0.1, -0.05) is 15.9 Å². The number of rotatable bonds is 7. The van der Waals surface area contributed by atoms with E-state index in [0.717, 1.165) is 8.04 Å². The summed E-state index contributed by atoms with van der Waals surface area (Å²) in [4.78, 5) is 11.9. The largest absolute Gasteiger partial charge is 0.504 e. The molecule has 0 aliphatic heterocycles. The maximum absolute atomic E-state index is 11.9. The summed E-state index contributed by atoms with van der Waals surface area (Å²) in [6.07, 6.45) is 1.32. The molecule has 0 saturated heterocycles. The minimum atomic E-state index is -0.506. The maximum Gasteiger partial charge on any atom is 0.277 e. The Morgan fingerprint density at radius 3 is 2.85 bits per heavy atom. The third-order valence-electron chi connectivity index (χ3n) is 3.18. The quantitative estimate of drug-likeness (QED) is 0.316. The van der Waals surface area contributed by atoms with Crippen LogP contribution in [0.5, 0.6) is 17.2 Å². The highest BCUT2D eigenvalue weighted by molar-refractivity contribution is 14.1. The van der Waals surface area contributed by atoms with Crippen LogP contribution in [0.3, 0.4) is 0 Å². The second-order valence-corrected chi connectivity index (χ2v) is 7.27. The number of nitriles is 1. The van der Waals surface area contributed by atoms with E-state index in [2.05, 4.69) is 49.0 Å². The molecule has 0 heterocycles. The number of hydrogen-bond donors (Lipinski definition) is 2. The molecule has 0 radical (unpaired) electrons. The van der Waals surface area contributed by atoms with Crippen molar-refractivity contribution in [1.29, 1.82) is 5.26 Å². The first-order chi connectivity index (χ1) is 12.9. The Morgan fingerprint density at radius 1 is 1.37 bits per heavy atom. The van der Waals surface area contributed by atoms with Gasteiger partial charge in [0.15, 0.2) is 18.1 Å². The summed E-state index contributed by atoms with van der Waals surface area (Å²) in [6.45, 7) is 1.92. The van der Waals surface area contributed by atoms with Crippen molar-refractivity contribution in [2.75, 3.05) is 13.2 Å². The van der Waals surface area contributed by atoms with E-state index in [1.54, 1.807) is 30.3 Å². The topological polar surface area (TPSA) is 104 Å². The smallest absolute Gasteiger partial charge is 0.277 e. The maximum atomic E-state index is 11.9. The van der Waals surface area contributed by atoms with Crippen molar-refractivity contribution in [3.63, 3.8) is 0 Å². The molecule has 0 aromatic heterocycles. The minimum absolute atomic E-state index is 0.0555. The van der Waals surface area contributed by atoms with Gasteiger partial charge in [-0.3, -0.25) is 4.79 Å². The molecule has 0 spiro atoms. The average molecular weight is 544 g/mol. The molecule has 2 aromatic carbocycles. The normalized spacial score (nSPS) is 10.4. The molecular formula is C18H15BrIN3O4. The van der Waals surface area contributed by atoms with Gasteiger partial charge in [-0.15, -0.1) is 0 Å². The number of aromatic hydroxyl groups is 1. The van der Waals surface area contributed by atoms with Gasteiger partial charge in [-0.05, 0) is 59.8 Å². The molecule has 2 aromatic rings. The molecule has 0 bridgehead atoms. The second kappa shape index (κ2) is 10.1. The predicted molar refractivity (Wildman–Crippen MR) is 112 cm³/mol. The van der Waals surface area contributed by atoms with Gasteiger partial charge in [0.25, 0.3) is 5.91 Å². The van der Waals surface area contributed by atoms with Gasteiger partial charge >= 0.3 is 0 Å². The summed E-state index contributed by atoms with van der Waals surface area (Å²) in [5, 5.41) is 23.0. The van der Waals surface area contributed by atoms with Gasteiger partial charge in [0.2, 0.25) is 0 Å². The number of carbonyl (C=O) groups excluding carboxylic acids is 1. The van der Waals surface area contributed by atoms with Crippen molar-refractivity contribution < 1.29 is 19.4 Å². The highest BCUT2D eigenvalue weighted by Crippen LogP contribution is 2.31. The molecule has 140 valence electrons. The number of amides is 1. The van der Waals surface area contributed by atoms with Crippen LogP contribution in [0.25, 0.3) is 0 Å². The summed E-state index contributed by atoms with van der Waals surface area (Å²) < 4.78 is 12.3. The van der Waals surface area contributed by atoms with Crippen LogP contribution in [0.1, 0.15) is 18.1 Å². The first kappa shape index (κ1) is 21.0. The van der Waals surface area contributed by atoms with Crippen molar-refractivity contribution in [2.24, 2.45) is 5.10 Å². The highest BCUT2D eigenvalue weighted by Gasteiger charge is 2.10. The zero-order valence-electron chi connectivity index (χ0n) is 14.2. The van der Waals surface area contributed by atoms with E-state index in [9.17, 15) is 9.90 Å². The van der Waals surface area contributed by atoms with Crippen molar-refractivity contribution in [3.8, 4) is 23.3 Å². The SMILES string of the molecule is CCOc1cc(I)cc(/C=N\NC(=O)COc2ccc(Br)cc2C#N)c1O. The highest BCUT2D eigenvalue weighted by atomic mass is 127. The third-order valence-corrected chi connectivity index (χ3v) is 4.30. The Morgan fingerprint density at radius 2 is 2.15 bits per heavy atom. The molecule has 27 heavy (non-hydrogen) atoms. The number of hydrogen-bond acceptors (Lipinski definition) is 6. The van der Waals surface area contributed by atoms with Crippen molar-refractivity contribution in [3.05, 3.63) is 49.5 Å². The van der Waals surface area contributed by atoms with E-state index in [-0.39, 0.29) is 12.4 Å². The fourth-order valence-corrected chi connectivity index (χ4v) is 3.00. The molecule has 0 unspecified atom stereocenters. The molecule has 0 saturated carbocycles. The molecule has 1 amide bonds. The lowest BCUT2D eigenvalue weighted by atomic mass is 10.2. The first-order valence-electron chi connectivity index (χ1n) is 7.74. The van der Waals surface area contributed by atoms with Crippen LogP contribution in [0.15, 0.2) is 39.9 Å². The van der Waals surface area contributed by atoms with E-state index in [1.165, 1.54) is 6.21 Å². The van der Waals surface area contributed by atoms with Crippen LogP contribution < -0.4 is 14.9 Å². The summed E-state index contributed by atoms with van der Waals surface area (Å²) in [5.41, 5.74) is 3.03. The number of hydrazone groups is 1. The summed E-state index contributed by atoms with van der Waals surface area (Å²) in [7, 11) is 0. The molecule has 0 fully saturated rings.